The maximum absolute atomic E-state index is 11.8. The lowest BCUT2D eigenvalue weighted by atomic mass is 10.2. The molecule has 6 heteroatoms. The molecule has 0 unspecified atom stereocenters. The summed E-state index contributed by atoms with van der Waals surface area (Å²) in [6.07, 6.45) is 5.15. The first-order valence-corrected chi connectivity index (χ1v) is 7.81. The number of aromatic nitrogens is 2. The number of anilines is 2. The van der Waals surface area contributed by atoms with Gasteiger partial charge in [0.1, 0.15) is 5.82 Å². The molecule has 120 valence electrons. The van der Waals surface area contributed by atoms with Gasteiger partial charge in [0.15, 0.2) is 0 Å². The second kappa shape index (κ2) is 7.09. The predicted molar refractivity (Wildman–Crippen MR) is 88.9 cm³/mol. The van der Waals surface area contributed by atoms with Crippen LogP contribution in [0.4, 0.5) is 11.5 Å². The van der Waals surface area contributed by atoms with Crippen LogP contribution in [0.25, 0.3) is 0 Å². The molecule has 1 fully saturated rings. The Hall–Kier alpha value is -2.63. The van der Waals surface area contributed by atoms with Crippen LogP contribution in [0.15, 0.2) is 42.9 Å². The summed E-state index contributed by atoms with van der Waals surface area (Å²) in [6.45, 7) is 5.67. The Bertz CT molecular complexity index is 655. The van der Waals surface area contributed by atoms with E-state index in [-0.39, 0.29) is 5.97 Å². The van der Waals surface area contributed by atoms with Gasteiger partial charge in [-0.1, -0.05) is 6.07 Å². The summed E-state index contributed by atoms with van der Waals surface area (Å²) in [5, 5.41) is 0. The zero-order chi connectivity index (χ0) is 16.1. The van der Waals surface area contributed by atoms with Crippen LogP contribution < -0.4 is 9.80 Å². The highest BCUT2D eigenvalue weighted by Gasteiger charge is 2.19. The normalized spacial score (nSPS) is 14.7. The van der Waals surface area contributed by atoms with Crippen LogP contribution in [0.2, 0.25) is 0 Å². The average molecular weight is 312 g/mol. The number of carbonyl (C=O) groups excluding carboxylic acids is 1. The first kappa shape index (κ1) is 15.3. The average Bonchev–Trinajstić information content (AvgIpc) is 2.63. The van der Waals surface area contributed by atoms with Crippen LogP contribution in [-0.4, -0.2) is 48.7 Å². The number of esters is 1. The molecule has 0 amide bonds. The standard InChI is InChI=1S/C17H20N4O2/c1-2-23-17(22)14-11-15(13-18-12-14)20-7-9-21(10-8-20)16-5-3-4-6-19-16/h3-6,11-13H,2,7-10H2,1H3. The Morgan fingerprint density at radius 3 is 2.65 bits per heavy atom. The molecule has 6 nitrogen and oxygen atoms in total. The summed E-state index contributed by atoms with van der Waals surface area (Å²) >= 11 is 0. The number of pyridine rings is 2. The molecule has 3 heterocycles. The molecule has 0 aliphatic carbocycles. The van der Waals surface area contributed by atoms with E-state index in [1.807, 2.05) is 30.5 Å². The Morgan fingerprint density at radius 1 is 1.17 bits per heavy atom. The van der Waals surface area contributed by atoms with Crippen LogP contribution in [0.1, 0.15) is 17.3 Å². The molecule has 1 aliphatic rings. The highest BCUT2D eigenvalue weighted by Crippen LogP contribution is 2.19. The van der Waals surface area contributed by atoms with Crippen molar-refractivity contribution in [2.75, 3.05) is 42.6 Å². The Kier molecular flexibility index (Phi) is 4.71. The summed E-state index contributed by atoms with van der Waals surface area (Å²) in [5.74, 6) is 0.680. The summed E-state index contributed by atoms with van der Waals surface area (Å²) < 4.78 is 5.03. The Balaban J connectivity index is 1.66. The maximum atomic E-state index is 11.8. The molecule has 2 aromatic heterocycles. The molecule has 1 aliphatic heterocycles. The summed E-state index contributed by atoms with van der Waals surface area (Å²) in [7, 11) is 0. The third kappa shape index (κ3) is 3.59. The van der Waals surface area contributed by atoms with Gasteiger partial charge in [-0.25, -0.2) is 9.78 Å². The van der Waals surface area contributed by atoms with E-state index >= 15 is 0 Å². The summed E-state index contributed by atoms with van der Waals surface area (Å²) in [4.78, 5) is 24.9. The van der Waals surface area contributed by atoms with Crippen molar-refractivity contribution in [1.82, 2.24) is 9.97 Å². The van der Waals surface area contributed by atoms with Crippen LogP contribution in [0.5, 0.6) is 0 Å². The molecule has 0 atom stereocenters. The minimum Gasteiger partial charge on any atom is -0.462 e. The smallest absolute Gasteiger partial charge is 0.339 e. The van der Waals surface area contributed by atoms with Gasteiger partial charge in [0.05, 0.1) is 24.1 Å². The van der Waals surface area contributed by atoms with Crippen molar-refractivity contribution in [3.63, 3.8) is 0 Å². The van der Waals surface area contributed by atoms with Crippen molar-refractivity contribution in [3.05, 3.63) is 48.4 Å². The molecule has 0 radical (unpaired) electrons. The lowest BCUT2D eigenvalue weighted by molar-refractivity contribution is 0.0526. The third-order valence-corrected chi connectivity index (χ3v) is 3.85. The van der Waals surface area contributed by atoms with Crippen LogP contribution in [0.3, 0.4) is 0 Å². The van der Waals surface area contributed by atoms with Gasteiger partial charge in [-0.05, 0) is 25.1 Å². The van der Waals surface area contributed by atoms with Crippen molar-refractivity contribution >= 4 is 17.5 Å². The van der Waals surface area contributed by atoms with Gasteiger partial charge in [-0.3, -0.25) is 4.98 Å². The largest absolute Gasteiger partial charge is 0.462 e. The SMILES string of the molecule is CCOC(=O)c1cncc(N2CCN(c3ccccn3)CC2)c1. The fourth-order valence-corrected chi connectivity index (χ4v) is 2.66. The first-order chi connectivity index (χ1) is 11.3. The summed E-state index contributed by atoms with van der Waals surface area (Å²) in [5.41, 5.74) is 1.45. The lowest BCUT2D eigenvalue weighted by Gasteiger charge is -2.36. The van der Waals surface area contributed by atoms with Crippen molar-refractivity contribution in [1.29, 1.82) is 0 Å². The zero-order valence-electron chi connectivity index (χ0n) is 13.2. The molecular formula is C17H20N4O2. The van der Waals surface area contributed by atoms with E-state index < -0.39 is 0 Å². The van der Waals surface area contributed by atoms with E-state index in [0.29, 0.717) is 12.2 Å². The maximum Gasteiger partial charge on any atom is 0.339 e. The van der Waals surface area contributed by atoms with Gasteiger partial charge in [-0.2, -0.15) is 0 Å². The van der Waals surface area contributed by atoms with Gasteiger partial charge >= 0.3 is 5.97 Å². The zero-order valence-corrected chi connectivity index (χ0v) is 13.2. The number of ether oxygens (including phenoxy) is 1. The van der Waals surface area contributed by atoms with Crippen LogP contribution in [0, 0.1) is 0 Å². The molecule has 0 saturated carbocycles. The number of rotatable bonds is 4. The van der Waals surface area contributed by atoms with Crippen molar-refractivity contribution in [3.8, 4) is 0 Å². The minimum absolute atomic E-state index is 0.325. The molecule has 2 aromatic rings. The van der Waals surface area contributed by atoms with Gasteiger partial charge in [-0.15, -0.1) is 0 Å². The molecule has 0 bridgehead atoms. The fourth-order valence-electron chi connectivity index (χ4n) is 2.66. The predicted octanol–water partition coefficient (Wildman–Crippen LogP) is 1.98. The summed E-state index contributed by atoms with van der Waals surface area (Å²) in [6, 6.07) is 7.80. The molecular weight excluding hydrogens is 292 g/mol. The molecule has 0 aromatic carbocycles. The van der Waals surface area contributed by atoms with E-state index in [1.165, 1.54) is 0 Å². The quantitative estimate of drug-likeness (QED) is 0.805. The van der Waals surface area contributed by atoms with Crippen LogP contribution in [-0.2, 0) is 4.74 Å². The third-order valence-electron chi connectivity index (χ3n) is 3.85. The van der Waals surface area contributed by atoms with Crippen molar-refractivity contribution in [2.45, 2.75) is 6.92 Å². The Morgan fingerprint density at radius 2 is 1.96 bits per heavy atom. The Labute approximate surface area is 135 Å². The first-order valence-electron chi connectivity index (χ1n) is 7.81. The molecule has 0 N–H and O–H groups in total. The second-order valence-corrected chi connectivity index (χ2v) is 5.31. The molecule has 1 saturated heterocycles. The van der Waals surface area contributed by atoms with E-state index in [1.54, 1.807) is 19.3 Å². The van der Waals surface area contributed by atoms with Gasteiger partial charge in [0.2, 0.25) is 0 Å². The van der Waals surface area contributed by atoms with E-state index in [9.17, 15) is 4.79 Å². The number of piperazine rings is 1. The molecule has 0 spiro atoms. The lowest BCUT2D eigenvalue weighted by Crippen LogP contribution is -2.46. The van der Waals surface area contributed by atoms with E-state index in [2.05, 4.69) is 19.8 Å². The fraction of sp³-hybridized carbons (Fsp3) is 0.353. The number of hydrogen-bond acceptors (Lipinski definition) is 6. The number of hydrogen-bond donors (Lipinski definition) is 0. The van der Waals surface area contributed by atoms with Gasteiger partial charge < -0.3 is 14.5 Å². The topological polar surface area (TPSA) is 58.6 Å². The highest BCUT2D eigenvalue weighted by atomic mass is 16.5. The van der Waals surface area contributed by atoms with E-state index in [4.69, 9.17) is 4.74 Å². The van der Waals surface area contributed by atoms with Crippen molar-refractivity contribution in [2.24, 2.45) is 0 Å². The molecule has 23 heavy (non-hydrogen) atoms. The van der Waals surface area contributed by atoms with Gasteiger partial charge in [0.25, 0.3) is 0 Å². The molecule has 3 rings (SSSR count). The highest BCUT2D eigenvalue weighted by molar-refractivity contribution is 5.90. The van der Waals surface area contributed by atoms with Crippen LogP contribution >= 0.6 is 0 Å². The van der Waals surface area contributed by atoms with Crippen molar-refractivity contribution < 1.29 is 9.53 Å². The van der Waals surface area contributed by atoms with Gasteiger partial charge in [0, 0.05) is 38.6 Å². The minimum atomic E-state index is -0.325. The monoisotopic (exact) mass is 312 g/mol. The number of nitrogens with zero attached hydrogens (tertiary/aromatic N) is 4. The van der Waals surface area contributed by atoms with E-state index in [0.717, 1.165) is 37.7 Å². The number of carbonyl (C=O) groups is 1. The second-order valence-electron chi connectivity index (χ2n) is 5.31.